The average molecular weight is 317 g/mol. The van der Waals surface area contributed by atoms with Crippen LogP contribution in [0.25, 0.3) is 11.3 Å². The summed E-state index contributed by atoms with van der Waals surface area (Å²) in [5.41, 5.74) is 0.355. The topological polar surface area (TPSA) is 68.0 Å². The predicted molar refractivity (Wildman–Crippen MR) is 81.0 cm³/mol. The van der Waals surface area contributed by atoms with Crippen molar-refractivity contribution in [3.8, 4) is 11.3 Å². The largest absolute Gasteiger partial charge is 0.441 e. The van der Waals surface area contributed by atoms with Gasteiger partial charge in [0.15, 0.2) is 16.8 Å². The molecule has 7 heteroatoms. The molecule has 3 aromatic rings. The van der Waals surface area contributed by atoms with Crippen molar-refractivity contribution >= 4 is 22.4 Å². The highest BCUT2D eigenvalue weighted by Gasteiger charge is 2.12. The Balaban J connectivity index is 1.60. The van der Waals surface area contributed by atoms with Crippen LogP contribution in [0.5, 0.6) is 0 Å². The number of hydrogen-bond acceptors (Lipinski definition) is 5. The van der Waals surface area contributed by atoms with E-state index in [-0.39, 0.29) is 18.1 Å². The van der Waals surface area contributed by atoms with Crippen LogP contribution >= 0.6 is 11.3 Å². The van der Waals surface area contributed by atoms with Crippen LogP contribution < -0.4 is 5.32 Å². The van der Waals surface area contributed by atoms with E-state index < -0.39 is 0 Å². The van der Waals surface area contributed by atoms with Crippen LogP contribution in [0.4, 0.5) is 9.52 Å². The lowest BCUT2D eigenvalue weighted by Gasteiger charge is -2.00. The van der Waals surface area contributed by atoms with Crippen LogP contribution in [0.15, 0.2) is 46.5 Å². The Morgan fingerprint density at radius 3 is 2.95 bits per heavy atom. The maximum absolute atomic E-state index is 13.7. The summed E-state index contributed by atoms with van der Waals surface area (Å²) in [6.45, 7) is 0. The molecule has 0 atom stereocenters. The molecule has 0 unspecified atom stereocenters. The van der Waals surface area contributed by atoms with Gasteiger partial charge in [-0.25, -0.2) is 14.4 Å². The monoisotopic (exact) mass is 317 g/mol. The molecule has 2 heterocycles. The van der Waals surface area contributed by atoms with E-state index in [4.69, 9.17) is 4.42 Å². The second-order valence-corrected chi connectivity index (χ2v) is 5.38. The molecule has 1 aromatic carbocycles. The van der Waals surface area contributed by atoms with Crippen LogP contribution in [0.2, 0.25) is 0 Å². The molecule has 0 spiro atoms. The molecule has 22 heavy (non-hydrogen) atoms. The minimum Gasteiger partial charge on any atom is -0.441 e. The number of nitrogens with one attached hydrogen (secondary N) is 1. The fourth-order valence-corrected chi connectivity index (χ4v) is 2.44. The van der Waals surface area contributed by atoms with Crippen molar-refractivity contribution < 1.29 is 13.6 Å². The van der Waals surface area contributed by atoms with Crippen molar-refractivity contribution in [2.24, 2.45) is 0 Å². The number of oxazole rings is 1. The molecule has 3 rings (SSSR count). The number of aryl methyl sites for hydroxylation is 1. The Kier molecular flexibility index (Phi) is 4.24. The smallest absolute Gasteiger partial charge is 0.226 e. The lowest BCUT2D eigenvalue weighted by molar-refractivity contribution is -0.116. The average Bonchev–Trinajstić information content (AvgIpc) is 3.17. The number of anilines is 1. The van der Waals surface area contributed by atoms with Gasteiger partial charge in [-0.2, -0.15) is 0 Å². The van der Waals surface area contributed by atoms with Crippen LogP contribution in [0.1, 0.15) is 12.3 Å². The van der Waals surface area contributed by atoms with E-state index in [2.05, 4.69) is 15.3 Å². The lowest BCUT2D eigenvalue weighted by Crippen LogP contribution is -2.12. The van der Waals surface area contributed by atoms with Gasteiger partial charge in [-0.15, -0.1) is 11.3 Å². The summed E-state index contributed by atoms with van der Waals surface area (Å²) in [4.78, 5) is 19.8. The van der Waals surface area contributed by atoms with E-state index in [0.717, 1.165) is 0 Å². The van der Waals surface area contributed by atoms with Crippen LogP contribution in [0, 0.1) is 5.82 Å². The molecule has 0 saturated carbocycles. The maximum atomic E-state index is 13.7. The molecular formula is C15H12FN3O2S. The number of amides is 1. The zero-order valence-electron chi connectivity index (χ0n) is 11.5. The highest BCUT2D eigenvalue weighted by molar-refractivity contribution is 7.13. The number of carbonyl (C=O) groups excluding carboxylic acids is 1. The molecule has 0 aliphatic rings. The number of thiazole rings is 1. The first-order valence-corrected chi connectivity index (χ1v) is 7.49. The summed E-state index contributed by atoms with van der Waals surface area (Å²) in [5, 5.41) is 5.02. The van der Waals surface area contributed by atoms with Crippen molar-refractivity contribution in [2.45, 2.75) is 12.8 Å². The molecule has 5 nitrogen and oxygen atoms in total. The number of rotatable bonds is 5. The van der Waals surface area contributed by atoms with Crippen LogP contribution in [-0.2, 0) is 11.2 Å². The molecule has 0 aliphatic heterocycles. The number of nitrogens with zero attached hydrogens (tertiary/aromatic N) is 2. The maximum Gasteiger partial charge on any atom is 0.226 e. The van der Waals surface area contributed by atoms with E-state index >= 15 is 0 Å². The van der Waals surface area contributed by atoms with Crippen molar-refractivity contribution in [2.75, 3.05) is 5.32 Å². The summed E-state index contributed by atoms with van der Waals surface area (Å²) in [6.07, 6.45) is 3.64. The second kappa shape index (κ2) is 6.48. The molecule has 112 valence electrons. The Labute approximate surface area is 129 Å². The zero-order valence-corrected chi connectivity index (χ0v) is 12.3. The van der Waals surface area contributed by atoms with Gasteiger partial charge in [0.1, 0.15) is 5.82 Å². The first kappa shape index (κ1) is 14.4. The van der Waals surface area contributed by atoms with Crippen molar-refractivity contribution in [3.05, 3.63) is 53.7 Å². The Morgan fingerprint density at radius 1 is 1.32 bits per heavy atom. The van der Waals surface area contributed by atoms with Crippen LogP contribution in [-0.4, -0.2) is 15.9 Å². The third-order valence-corrected chi connectivity index (χ3v) is 3.63. The van der Waals surface area contributed by atoms with Gasteiger partial charge < -0.3 is 9.73 Å². The van der Waals surface area contributed by atoms with Gasteiger partial charge in [0.2, 0.25) is 5.91 Å². The predicted octanol–water partition coefficient (Wildman–Crippen LogP) is 3.51. The minimum absolute atomic E-state index is 0.166. The highest BCUT2D eigenvalue weighted by atomic mass is 32.1. The summed E-state index contributed by atoms with van der Waals surface area (Å²) in [5.74, 6) is 0.216. The number of carbonyl (C=O) groups is 1. The van der Waals surface area contributed by atoms with Crippen molar-refractivity contribution in [1.29, 1.82) is 0 Å². The number of aromatic nitrogens is 2. The van der Waals surface area contributed by atoms with E-state index in [1.54, 1.807) is 29.8 Å². The summed E-state index contributed by atoms with van der Waals surface area (Å²) in [7, 11) is 0. The third-order valence-electron chi connectivity index (χ3n) is 2.94. The molecule has 1 N–H and O–H groups in total. The quantitative estimate of drug-likeness (QED) is 0.782. The fraction of sp³-hybridized carbons (Fsp3) is 0.133. The highest BCUT2D eigenvalue weighted by Crippen LogP contribution is 2.23. The van der Waals surface area contributed by atoms with Crippen molar-refractivity contribution in [1.82, 2.24) is 9.97 Å². The SMILES string of the molecule is O=C(CCc1ncc(-c2ccccc2F)o1)Nc1nccs1. The van der Waals surface area contributed by atoms with Gasteiger partial charge in [-0.1, -0.05) is 12.1 Å². The van der Waals surface area contributed by atoms with Crippen molar-refractivity contribution in [3.63, 3.8) is 0 Å². The van der Waals surface area contributed by atoms with E-state index in [1.807, 2.05) is 0 Å². The van der Waals surface area contributed by atoms with Gasteiger partial charge in [0.25, 0.3) is 0 Å². The molecular weight excluding hydrogens is 305 g/mol. The Bertz CT molecular complexity index is 771. The summed E-state index contributed by atoms with van der Waals surface area (Å²) >= 11 is 1.35. The second-order valence-electron chi connectivity index (χ2n) is 4.48. The van der Waals surface area contributed by atoms with Crippen LogP contribution in [0.3, 0.4) is 0 Å². The standard InChI is InChI=1S/C15H12FN3O2S/c16-11-4-2-1-3-10(11)12-9-18-14(21-12)6-5-13(20)19-15-17-7-8-22-15/h1-4,7-9H,5-6H2,(H,17,19,20). The number of hydrogen-bond donors (Lipinski definition) is 1. The summed E-state index contributed by atoms with van der Waals surface area (Å²) < 4.78 is 19.1. The normalized spacial score (nSPS) is 10.6. The first-order chi connectivity index (χ1) is 10.7. The van der Waals surface area contributed by atoms with E-state index in [9.17, 15) is 9.18 Å². The van der Waals surface area contributed by atoms with Gasteiger partial charge >= 0.3 is 0 Å². The van der Waals surface area contributed by atoms with Gasteiger partial charge in [0.05, 0.1) is 11.8 Å². The number of halogens is 1. The first-order valence-electron chi connectivity index (χ1n) is 6.61. The molecule has 0 bridgehead atoms. The number of benzene rings is 1. The van der Waals surface area contributed by atoms with Gasteiger partial charge in [0, 0.05) is 24.4 Å². The van der Waals surface area contributed by atoms with Gasteiger partial charge in [-0.3, -0.25) is 4.79 Å². The summed E-state index contributed by atoms with van der Waals surface area (Å²) in [6, 6.07) is 6.31. The Morgan fingerprint density at radius 2 is 2.18 bits per heavy atom. The molecule has 2 aromatic heterocycles. The van der Waals surface area contributed by atoms with Gasteiger partial charge in [-0.05, 0) is 12.1 Å². The lowest BCUT2D eigenvalue weighted by atomic mass is 10.2. The van der Waals surface area contributed by atoms with E-state index in [1.165, 1.54) is 23.6 Å². The molecule has 0 aliphatic carbocycles. The molecule has 0 saturated heterocycles. The Hall–Kier alpha value is -2.54. The molecule has 1 amide bonds. The molecule has 0 fully saturated rings. The third kappa shape index (κ3) is 3.37. The minimum atomic E-state index is -0.369. The molecule has 0 radical (unpaired) electrons. The zero-order chi connectivity index (χ0) is 15.4. The van der Waals surface area contributed by atoms with E-state index in [0.29, 0.717) is 28.8 Å². The fourth-order valence-electron chi connectivity index (χ4n) is 1.90.